The summed E-state index contributed by atoms with van der Waals surface area (Å²) in [6.07, 6.45) is 2.68. The minimum absolute atomic E-state index is 0. The van der Waals surface area contributed by atoms with Crippen LogP contribution in [0.2, 0.25) is 15.1 Å². The lowest BCUT2D eigenvalue weighted by Gasteiger charge is -2.11. The van der Waals surface area contributed by atoms with Gasteiger partial charge in [-0.25, -0.2) is 19.1 Å². The van der Waals surface area contributed by atoms with Crippen molar-refractivity contribution >= 4 is 62.9 Å². The summed E-state index contributed by atoms with van der Waals surface area (Å²) in [4.78, 5) is 15.5. The fourth-order valence-corrected chi connectivity index (χ4v) is 4.15. The van der Waals surface area contributed by atoms with E-state index in [9.17, 15) is 4.39 Å². The minimum Gasteiger partial charge on any atom is -0.369 e. The van der Waals surface area contributed by atoms with Crippen molar-refractivity contribution in [2.45, 2.75) is 35.1 Å². The Kier molecular flexibility index (Phi) is 16.6. The van der Waals surface area contributed by atoms with Crippen LogP contribution >= 0.6 is 34.8 Å². The number of nitrogens with zero attached hydrogens (tertiary/aromatic N) is 4. The Balaban J connectivity index is 0.000000384. The van der Waals surface area contributed by atoms with Crippen LogP contribution in [0, 0.1) is 32.8 Å². The molecule has 0 atom stereocenters. The molecule has 0 amide bonds. The quantitative estimate of drug-likeness (QED) is 0.145. The van der Waals surface area contributed by atoms with E-state index in [4.69, 9.17) is 58.7 Å². The van der Waals surface area contributed by atoms with E-state index in [2.05, 4.69) is 20.0 Å². The molecule has 5 aromatic rings. The topological polar surface area (TPSA) is 72.5 Å². The van der Waals surface area contributed by atoms with Gasteiger partial charge in [0.1, 0.15) is 11.6 Å². The normalized spacial score (nSPS) is 9.53. The van der Waals surface area contributed by atoms with E-state index >= 15 is 0 Å². The lowest BCUT2D eigenvalue weighted by molar-refractivity contribution is 0.628. The molecule has 2 aromatic heterocycles. The number of aryl methyl sites for hydroxylation is 2. The predicted molar refractivity (Wildman–Crippen MR) is 190 cm³/mol. The van der Waals surface area contributed by atoms with E-state index in [0.717, 1.165) is 57.1 Å². The number of anilines is 1. The predicted octanol–water partition coefficient (Wildman–Crippen LogP) is 11.5. The van der Waals surface area contributed by atoms with Crippen molar-refractivity contribution in [2.24, 2.45) is 5.73 Å². The summed E-state index contributed by atoms with van der Waals surface area (Å²) in [5.74, 6) is 0.338. The van der Waals surface area contributed by atoms with Crippen LogP contribution in [0.1, 0.15) is 32.4 Å². The lowest BCUT2D eigenvalue weighted by atomic mass is 10.1. The van der Waals surface area contributed by atoms with E-state index in [1.807, 2.05) is 56.3 Å². The molecule has 0 saturated heterocycles. The van der Waals surface area contributed by atoms with Crippen molar-refractivity contribution in [2.75, 3.05) is 18.4 Å². The number of fused-ring (bicyclic) bond motifs is 1. The van der Waals surface area contributed by atoms with Crippen LogP contribution in [0.3, 0.4) is 0 Å². The zero-order valence-electron chi connectivity index (χ0n) is 23.5. The first kappa shape index (κ1) is 38.8. The molecule has 0 saturated carbocycles. The Bertz CT molecular complexity index is 1740. The Morgan fingerprint density at radius 3 is 2.00 bits per heavy atom. The first-order valence-corrected chi connectivity index (χ1v) is 14.2. The molecular formula is C35H36Cl3FN6. The average Bonchev–Trinajstić information content (AvgIpc) is 3.02. The van der Waals surface area contributed by atoms with Crippen LogP contribution in [-0.4, -0.2) is 23.1 Å². The van der Waals surface area contributed by atoms with Gasteiger partial charge in [-0.3, -0.25) is 4.98 Å². The lowest BCUT2D eigenvalue weighted by Crippen LogP contribution is -2.10. The van der Waals surface area contributed by atoms with Crippen molar-refractivity contribution < 1.29 is 4.39 Å². The molecule has 3 N–H and O–H groups in total. The molecule has 0 aliphatic heterocycles. The maximum absolute atomic E-state index is 12.4. The van der Waals surface area contributed by atoms with Gasteiger partial charge in [0, 0.05) is 33.7 Å². The Morgan fingerprint density at radius 1 is 0.822 bits per heavy atom. The van der Waals surface area contributed by atoms with Gasteiger partial charge in [-0.05, 0) is 80.4 Å². The second-order valence-corrected chi connectivity index (χ2v) is 10.4. The molecule has 45 heavy (non-hydrogen) atoms. The molecule has 10 heteroatoms. The number of aromatic nitrogens is 2. The highest BCUT2D eigenvalue weighted by Gasteiger charge is 2.09. The van der Waals surface area contributed by atoms with Crippen LogP contribution in [-0.2, 0) is 0 Å². The van der Waals surface area contributed by atoms with Crippen molar-refractivity contribution in [1.82, 2.24) is 9.97 Å². The van der Waals surface area contributed by atoms with Crippen LogP contribution in [0.15, 0.2) is 79.0 Å². The fourth-order valence-electron chi connectivity index (χ4n) is 3.62. The van der Waals surface area contributed by atoms with Gasteiger partial charge >= 0.3 is 0 Å². The highest BCUT2D eigenvalue weighted by molar-refractivity contribution is 6.32. The molecule has 234 valence electrons. The Morgan fingerprint density at radius 2 is 1.42 bits per heavy atom. The fraction of sp³-hybridized carbons (Fsp3) is 0.200. The molecule has 0 bridgehead atoms. The van der Waals surface area contributed by atoms with Gasteiger partial charge in [-0.2, -0.15) is 0 Å². The van der Waals surface area contributed by atoms with Gasteiger partial charge < -0.3 is 11.1 Å². The summed E-state index contributed by atoms with van der Waals surface area (Å²) < 4.78 is 12.4. The molecule has 0 unspecified atom stereocenters. The third kappa shape index (κ3) is 11.3. The number of pyridine rings is 2. The third-order valence-electron chi connectivity index (χ3n) is 6.06. The number of nitrogens with one attached hydrogen (secondary N) is 1. The zero-order valence-corrected chi connectivity index (χ0v) is 25.8. The summed E-state index contributed by atoms with van der Waals surface area (Å²) in [6.45, 7) is 18.6. The molecule has 5 rings (SSSR count). The van der Waals surface area contributed by atoms with Gasteiger partial charge in [-0.15, -0.1) is 0 Å². The second-order valence-electron chi connectivity index (χ2n) is 9.21. The number of hydrogen-bond acceptors (Lipinski definition) is 4. The average molecular weight is 666 g/mol. The van der Waals surface area contributed by atoms with Crippen molar-refractivity contribution in [3.05, 3.63) is 134 Å². The second kappa shape index (κ2) is 19.2. The number of rotatable bonds is 5. The summed E-state index contributed by atoms with van der Waals surface area (Å²) in [5.41, 5.74) is 11.3. The number of hydrogen-bond donors (Lipinski definition) is 2. The molecule has 3 aromatic carbocycles. The van der Waals surface area contributed by atoms with Gasteiger partial charge in [0.25, 0.3) is 0 Å². The summed E-state index contributed by atoms with van der Waals surface area (Å²) in [6, 6.07) is 21.0. The van der Waals surface area contributed by atoms with E-state index in [0.29, 0.717) is 22.9 Å². The molecule has 2 heterocycles. The van der Waals surface area contributed by atoms with Crippen LogP contribution < -0.4 is 11.1 Å². The molecular weight excluding hydrogens is 630 g/mol. The van der Waals surface area contributed by atoms with Crippen LogP contribution in [0.5, 0.6) is 0 Å². The third-order valence-corrected chi connectivity index (χ3v) is 7.16. The largest absolute Gasteiger partial charge is 0.369 e. The van der Waals surface area contributed by atoms with Crippen molar-refractivity contribution in [1.29, 1.82) is 0 Å². The molecule has 0 radical (unpaired) electrons. The van der Waals surface area contributed by atoms with Gasteiger partial charge in [-0.1, -0.05) is 80.0 Å². The number of nitrogens with two attached hydrogens (primary N) is 1. The summed E-state index contributed by atoms with van der Waals surface area (Å²) in [7, 11) is 0. The van der Waals surface area contributed by atoms with E-state index in [1.54, 1.807) is 18.3 Å². The van der Waals surface area contributed by atoms with Crippen LogP contribution in [0.25, 0.3) is 31.9 Å². The minimum atomic E-state index is -0.492. The Hall–Kier alpha value is -4.24. The maximum Gasteiger partial charge on any atom is 0.188 e. The van der Waals surface area contributed by atoms with E-state index in [1.165, 1.54) is 18.2 Å². The maximum atomic E-state index is 12.4. The molecule has 0 aliphatic rings. The van der Waals surface area contributed by atoms with Gasteiger partial charge in [0.05, 0.1) is 29.4 Å². The number of halogens is 4. The highest BCUT2D eigenvalue weighted by Crippen LogP contribution is 2.29. The molecule has 6 nitrogen and oxygen atoms in total. The standard InChI is InChI=1S/C18H19ClN4.C8H6ClN.C7H3ClFN.2CH4/c1-12-5-6-13(10-15(12)19)16-11-17-14(4-2-8-21-17)18(23-16)22-9-3-7-20;1-6-3-4-7(10-2)5-8(6)9;1-10-5-2-3-7(9)6(8)4-5;;/h2,4-6,8,10-11H,3,7,9,20H2,1H3,(H,22,23);3-5H,1H3;2-4H;2*1H4. The van der Waals surface area contributed by atoms with Gasteiger partial charge in [0.2, 0.25) is 0 Å². The van der Waals surface area contributed by atoms with Crippen LogP contribution in [0.4, 0.5) is 21.6 Å². The van der Waals surface area contributed by atoms with Crippen molar-refractivity contribution in [3.63, 3.8) is 0 Å². The van der Waals surface area contributed by atoms with Gasteiger partial charge in [0.15, 0.2) is 11.4 Å². The number of benzene rings is 3. The molecule has 0 spiro atoms. The highest BCUT2D eigenvalue weighted by atomic mass is 35.5. The SMILES string of the molecule is C.C.Cc1ccc(-c2cc3ncccc3c(NCCCN)n2)cc1Cl.[C-]#[N+]c1ccc(C)c(Cl)c1.[C-]#[N+]c1ccc(F)c(Cl)c1. The van der Waals surface area contributed by atoms with E-state index < -0.39 is 5.82 Å². The van der Waals surface area contributed by atoms with Crippen molar-refractivity contribution in [3.8, 4) is 11.3 Å². The summed E-state index contributed by atoms with van der Waals surface area (Å²) >= 11 is 17.4. The first-order valence-electron chi connectivity index (χ1n) is 13.1. The van der Waals surface area contributed by atoms with E-state index in [-0.39, 0.29) is 19.9 Å². The summed E-state index contributed by atoms with van der Waals surface area (Å²) in [5, 5.41) is 5.76. The molecule has 0 fully saturated rings. The smallest absolute Gasteiger partial charge is 0.188 e. The monoisotopic (exact) mass is 664 g/mol. The zero-order chi connectivity index (χ0) is 31.4. The Labute approximate surface area is 280 Å². The first-order chi connectivity index (χ1) is 20.7. The molecule has 0 aliphatic carbocycles.